The van der Waals surface area contributed by atoms with Crippen molar-refractivity contribution in [3.05, 3.63) is 48.7 Å². The van der Waals surface area contributed by atoms with Crippen LogP contribution in [0.4, 0.5) is 5.69 Å². The van der Waals surface area contributed by atoms with Crippen LogP contribution in [0.2, 0.25) is 0 Å². The maximum Gasteiger partial charge on any atom is 0.0730 e. The summed E-state index contributed by atoms with van der Waals surface area (Å²) in [7, 11) is 0. The zero-order chi connectivity index (χ0) is 10.8. The molecule has 0 unspecified atom stereocenters. The van der Waals surface area contributed by atoms with E-state index in [4.69, 9.17) is 5.73 Å². The van der Waals surface area contributed by atoms with Gasteiger partial charge in [0.25, 0.3) is 0 Å². The van der Waals surface area contributed by atoms with Crippen LogP contribution < -0.4 is 5.73 Å². The van der Waals surface area contributed by atoms with E-state index in [1.807, 2.05) is 24.3 Å². The Kier molecular flexibility index (Phi) is 2.26. The summed E-state index contributed by atoms with van der Waals surface area (Å²) in [6.07, 6.45) is 3.41. The van der Waals surface area contributed by atoms with Crippen molar-refractivity contribution >= 4 is 28.7 Å². The van der Waals surface area contributed by atoms with Crippen LogP contribution in [0.15, 0.2) is 37.4 Å². The van der Waals surface area contributed by atoms with E-state index in [-0.39, 0.29) is 0 Å². The number of hydrogen-bond acceptors (Lipinski definition) is 2. The first-order valence-corrected chi connectivity index (χ1v) is 4.71. The summed E-state index contributed by atoms with van der Waals surface area (Å²) in [4.78, 5) is 4.46. The number of nitrogens with zero attached hydrogens (tertiary/aromatic N) is 1. The molecule has 15 heavy (non-hydrogen) atoms. The SMILES string of the molecule is C=Cc1nc2ccccc2c(N)c1C=C. The summed E-state index contributed by atoms with van der Waals surface area (Å²) >= 11 is 0. The predicted molar refractivity (Wildman–Crippen MR) is 66.3 cm³/mol. The highest BCUT2D eigenvalue weighted by Crippen LogP contribution is 2.26. The molecule has 2 N–H and O–H groups in total. The Morgan fingerprint density at radius 1 is 1.13 bits per heavy atom. The highest BCUT2D eigenvalue weighted by molar-refractivity contribution is 5.96. The number of fused-ring (bicyclic) bond motifs is 1. The zero-order valence-electron chi connectivity index (χ0n) is 8.40. The quantitative estimate of drug-likeness (QED) is 0.801. The lowest BCUT2D eigenvalue weighted by molar-refractivity contribution is 1.36. The number of anilines is 1. The first-order valence-electron chi connectivity index (χ1n) is 4.71. The largest absolute Gasteiger partial charge is 0.398 e. The van der Waals surface area contributed by atoms with Gasteiger partial charge < -0.3 is 5.73 Å². The van der Waals surface area contributed by atoms with E-state index in [0.717, 1.165) is 22.2 Å². The molecule has 2 rings (SSSR count). The van der Waals surface area contributed by atoms with E-state index in [2.05, 4.69) is 18.1 Å². The van der Waals surface area contributed by atoms with E-state index in [9.17, 15) is 0 Å². The molecule has 0 fully saturated rings. The molecule has 0 aliphatic heterocycles. The molecule has 0 aliphatic carbocycles. The molecule has 2 nitrogen and oxygen atoms in total. The topological polar surface area (TPSA) is 38.9 Å². The fourth-order valence-electron chi connectivity index (χ4n) is 1.64. The molecule has 0 amide bonds. The molecule has 0 spiro atoms. The molecule has 1 aromatic carbocycles. The summed E-state index contributed by atoms with van der Waals surface area (Å²) < 4.78 is 0. The van der Waals surface area contributed by atoms with Gasteiger partial charge in [0.2, 0.25) is 0 Å². The van der Waals surface area contributed by atoms with Gasteiger partial charge in [-0.05, 0) is 12.1 Å². The summed E-state index contributed by atoms with van der Waals surface area (Å²) in [6.45, 7) is 7.46. The molecule has 0 atom stereocenters. The van der Waals surface area contributed by atoms with Crippen molar-refractivity contribution in [2.45, 2.75) is 0 Å². The number of pyridine rings is 1. The standard InChI is InChI=1S/C13H12N2/c1-3-9-11(4-2)15-12-8-6-5-7-10(12)13(9)14/h3-8H,1-2H2,(H2,14,15). The van der Waals surface area contributed by atoms with Crippen molar-refractivity contribution < 1.29 is 0 Å². The van der Waals surface area contributed by atoms with Crippen molar-refractivity contribution in [3.63, 3.8) is 0 Å². The van der Waals surface area contributed by atoms with Gasteiger partial charge in [-0.1, -0.05) is 37.4 Å². The predicted octanol–water partition coefficient (Wildman–Crippen LogP) is 3.10. The van der Waals surface area contributed by atoms with Gasteiger partial charge in [0.15, 0.2) is 0 Å². The van der Waals surface area contributed by atoms with Crippen LogP contribution in [0, 0.1) is 0 Å². The number of nitrogen functional groups attached to an aromatic ring is 1. The first kappa shape index (κ1) is 9.46. The average molecular weight is 196 g/mol. The van der Waals surface area contributed by atoms with Crippen LogP contribution in [0.1, 0.15) is 11.3 Å². The lowest BCUT2D eigenvalue weighted by Crippen LogP contribution is -1.97. The van der Waals surface area contributed by atoms with Crippen molar-refractivity contribution in [2.75, 3.05) is 5.73 Å². The third kappa shape index (κ3) is 1.40. The van der Waals surface area contributed by atoms with Crippen molar-refractivity contribution in [2.24, 2.45) is 0 Å². The van der Waals surface area contributed by atoms with Gasteiger partial charge in [-0.2, -0.15) is 0 Å². The molecule has 0 saturated carbocycles. The molecule has 0 radical (unpaired) electrons. The van der Waals surface area contributed by atoms with Gasteiger partial charge in [0.05, 0.1) is 16.9 Å². The Balaban J connectivity index is 2.93. The van der Waals surface area contributed by atoms with Crippen LogP contribution in [0.5, 0.6) is 0 Å². The van der Waals surface area contributed by atoms with Crippen molar-refractivity contribution in [3.8, 4) is 0 Å². The van der Waals surface area contributed by atoms with Crippen LogP contribution in [-0.4, -0.2) is 4.98 Å². The minimum absolute atomic E-state index is 0.713. The van der Waals surface area contributed by atoms with Gasteiger partial charge in [-0.25, -0.2) is 4.98 Å². The van der Waals surface area contributed by atoms with Gasteiger partial charge in [0, 0.05) is 10.9 Å². The molecule has 0 bridgehead atoms. The maximum absolute atomic E-state index is 6.05. The van der Waals surface area contributed by atoms with E-state index in [0.29, 0.717) is 5.69 Å². The molecule has 2 heteroatoms. The Labute approximate surface area is 88.8 Å². The Morgan fingerprint density at radius 2 is 1.87 bits per heavy atom. The average Bonchev–Trinajstić information content (AvgIpc) is 2.29. The molecular formula is C13H12N2. The third-order valence-corrected chi connectivity index (χ3v) is 2.40. The summed E-state index contributed by atoms with van der Waals surface area (Å²) in [5.41, 5.74) is 9.27. The number of nitrogens with two attached hydrogens (primary N) is 1. The summed E-state index contributed by atoms with van der Waals surface area (Å²) in [5, 5.41) is 0.956. The minimum Gasteiger partial charge on any atom is -0.398 e. The van der Waals surface area contributed by atoms with Gasteiger partial charge in [0.1, 0.15) is 0 Å². The van der Waals surface area contributed by atoms with E-state index >= 15 is 0 Å². The lowest BCUT2D eigenvalue weighted by Gasteiger charge is -2.08. The monoisotopic (exact) mass is 196 g/mol. The van der Waals surface area contributed by atoms with Gasteiger partial charge in [-0.15, -0.1) is 0 Å². The fourth-order valence-corrected chi connectivity index (χ4v) is 1.64. The van der Waals surface area contributed by atoms with Gasteiger partial charge in [-0.3, -0.25) is 0 Å². The molecule has 2 aromatic rings. The first-order chi connectivity index (χ1) is 7.27. The van der Waals surface area contributed by atoms with Crippen LogP contribution in [-0.2, 0) is 0 Å². The van der Waals surface area contributed by atoms with Crippen LogP contribution >= 0.6 is 0 Å². The number of rotatable bonds is 2. The molecule has 74 valence electrons. The van der Waals surface area contributed by atoms with Crippen LogP contribution in [0.25, 0.3) is 23.1 Å². The van der Waals surface area contributed by atoms with Crippen molar-refractivity contribution in [1.29, 1.82) is 0 Å². The molecule has 1 aromatic heterocycles. The summed E-state index contributed by atoms with van der Waals surface area (Å²) in [6, 6.07) is 7.78. The molecular weight excluding hydrogens is 184 g/mol. The number of benzene rings is 1. The molecule has 0 aliphatic rings. The molecule has 0 saturated heterocycles. The second-order valence-corrected chi connectivity index (χ2v) is 3.25. The van der Waals surface area contributed by atoms with E-state index in [1.165, 1.54) is 0 Å². The maximum atomic E-state index is 6.05. The smallest absolute Gasteiger partial charge is 0.0730 e. The van der Waals surface area contributed by atoms with E-state index in [1.54, 1.807) is 12.2 Å². The Bertz CT molecular complexity index is 541. The number of para-hydroxylation sites is 1. The fraction of sp³-hybridized carbons (Fsp3) is 0. The zero-order valence-corrected chi connectivity index (χ0v) is 8.40. The minimum atomic E-state index is 0.713. The lowest BCUT2D eigenvalue weighted by atomic mass is 10.1. The highest BCUT2D eigenvalue weighted by Gasteiger charge is 2.07. The Hall–Kier alpha value is -2.09. The summed E-state index contributed by atoms with van der Waals surface area (Å²) in [5.74, 6) is 0. The second-order valence-electron chi connectivity index (χ2n) is 3.25. The third-order valence-electron chi connectivity index (χ3n) is 2.40. The molecule has 1 heterocycles. The second kappa shape index (κ2) is 3.58. The highest BCUT2D eigenvalue weighted by atomic mass is 14.7. The van der Waals surface area contributed by atoms with E-state index < -0.39 is 0 Å². The Morgan fingerprint density at radius 3 is 2.53 bits per heavy atom. The number of hydrogen-bond donors (Lipinski definition) is 1. The van der Waals surface area contributed by atoms with Gasteiger partial charge >= 0.3 is 0 Å². The van der Waals surface area contributed by atoms with Crippen molar-refractivity contribution in [1.82, 2.24) is 4.98 Å². The number of aromatic nitrogens is 1. The van der Waals surface area contributed by atoms with Crippen LogP contribution in [0.3, 0.4) is 0 Å². The normalized spacial score (nSPS) is 10.1.